The van der Waals surface area contributed by atoms with Gasteiger partial charge in [0, 0.05) is 45.9 Å². The molecule has 10 heteroatoms. The number of ether oxygens (including phenoxy) is 3. The van der Waals surface area contributed by atoms with Crippen LogP contribution in [0.2, 0.25) is 0 Å². The Morgan fingerprint density at radius 3 is 2.74 bits per heavy atom. The molecule has 4 aliphatic rings. The standard InChI is InChI=1S/C25H39N3O7/c1-3-9-27(12-11-26-13-16-33-17-14-26)23(31)21-25-8-7-18(35-25)19(24(32)34-4-2)20(25)22(30)28(21)10-5-6-15-29/h3,18-21,29H,1,4-17H2,2H3/t18-,19+,20+,21-,25+/m0/s1. The number of amides is 2. The van der Waals surface area contributed by atoms with Gasteiger partial charge < -0.3 is 29.1 Å². The maximum atomic E-state index is 14.1. The molecular weight excluding hydrogens is 454 g/mol. The van der Waals surface area contributed by atoms with Crippen molar-refractivity contribution in [2.45, 2.75) is 50.4 Å². The maximum Gasteiger partial charge on any atom is 0.312 e. The first-order valence-corrected chi connectivity index (χ1v) is 12.9. The summed E-state index contributed by atoms with van der Waals surface area (Å²) in [5.41, 5.74) is -1.02. The van der Waals surface area contributed by atoms with E-state index in [4.69, 9.17) is 14.2 Å². The van der Waals surface area contributed by atoms with Gasteiger partial charge in [0.15, 0.2) is 0 Å². The molecule has 2 amide bonds. The van der Waals surface area contributed by atoms with Gasteiger partial charge in [0.25, 0.3) is 0 Å². The van der Waals surface area contributed by atoms with E-state index in [1.54, 1.807) is 22.8 Å². The van der Waals surface area contributed by atoms with Crippen LogP contribution in [0.1, 0.15) is 32.6 Å². The minimum absolute atomic E-state index is 0.0153. The lowest BCUT2D eigenvalue weighted by Crippen LogP contribution is -2.57. The molecule has 1 spiro atoms. The van der Waals surface area contributed by atoms with Gasteiger partial charge in [-0.15, -0.1) is 6.58 Å². The molecular formula is C25H39N3O7. The molecule has 0 aromatic carbocycles. The van der Waals surface area contributed by atoms with Crippen LogP contribution in [-0.4, -0.2) is 121 Å². The van der Waals surface area contributed by atoms with Crippen molar-refractivity contribution in [3.05, 3.63) is 12.7 Å². The Morgan fingerprint density at radius 1 is 1.29 bits per heavy atom. The SMILES string of the molecule is C=CCN(CCN1CCOCC1)C(=O)[C@@H]1N(CCCCO)C(=O)[C@H]2[C@H](C(=O)OCC)[C@@H]3CC[C@]12O3. The fraction of sp³-hybridized carbons (Fsp3) is 0.800. The van der Waals surface area contributed by atoms with Crippen LogP contribution in [0.3, 0.4) is 0 Å². The second-order valence-corrected chi connectivity index (χ2v) is 9.80. The highest BCUT2D eigenvalue weighted by Crippen LogP contribution is 2.58. The van der Waals surface area contributed by atoms with Crippen molar-refractivity contribution >= 4 is 17.8 Å². The monoisotopic (exact) mass is 493 g/mol. The van der Waals surface area contributed by atoms with Crippen LogP contribution in [-0.2, 0) is 28.6 Å². The number of hydrogen-bond acceptors (Lipinski definition) is 8. The number of likely N-dealkylation sites (tertiary alicyclic amines) is 1. The molecule has 4 aliphatic heterocycles. The van der Waals surface area contributed by atoms with Crippen LogP contribution >= 0.6 is 0 Å². The van der Waals surface area contributed by atoms with E-state index in [0.29, 0.717) is 65.1 Å². The van der Waals surface area contributed by atoms with E-state index in [1.165, 1.54) is 0 Å². The molecule has 4 rings (SSSR count). The molecule has 2 bridgehead atoms. The van der Waals surface area contributed by atoms with E-state index in [1.807, 2.05) is 0 Å². The van der Waals surface area contributed by atoms with Crippen LogP contribution in [0.15, 0.2) is 12.7 Å². The van der Waals surface area contributed by atoms with Gasteiger partial charge in [0.2, 0.25) is 11.8 Å². The molecule has 0 aliphatic carbocycles. The van der Waals surface area contributed by atoms with Crippen molar-refractivity contribution in [2.75, 3.05) is 65.7 Å². The zero-order valence-electron chi connectivity index (χ0n) is 20.7. The molecule has 0 saturated carbocycles. The molecule has 4 fully saturated rings. The Labute approximate surface area is 207 Å². The summed E-state index contributed by atoms with van der Waals surface area (Å²) < 4.78 is 17.1. The van der Waals surface area contributed by atoms with Gasteiger partial charge in [-0.2, -0.15) is 0 Å². The molecule has 0 aromatic heterocycles. The van der Waals surface area contributed by atoms with Crippen molar-refractivity contribution in [1.82, 2.24) is 14.7 Å². The molecule has 0 aromatic rings. The number of nitrogens with zero attached hydrogens (tertiary/aromatic N) is 3. The summed E-state index contributed by atoms with van der Waals surface area (Å²) in [6.07, 6.45) is 3.57. The Kier molecular flexibility index (Phi) is 8.46. The number of aliphatic hydroxyl groups is 1. The van der Waals surface area contributed by atoms with E-state index >= 15 is 0 Å². The van der Waals surface area contributed by atoms with E-state index in [-0.39, 0.29) is 25.0 Å². The van der Waals surface area contributed by atoms with Gasteiger partial charge in [-0.1, -0.05) is 6.08 Å². The minimum Gasteiger partial charge on any atom is -0.466 e. The summed E-state index contributed by atoms with van der Waals surface area (Å²) in [6.45, 7) is 10.7. The van der Waals surface area contributed by atoms with Gasteiger partial charge in [-0.3, -0.25) is 19.3 Å². The fourth-order valence-corrected chi connectivity index (χ4v) is 6.28. The lowest BCUT2D eigenvalue weighted by atomic mass is 9.70. The van der Waals surface area contributed by atoms with E-state index in [9.17, 15) is 19.5 Å². The van der Waals surface area contributed by atoms with Crippen molar-refractivity contribution in [3.8, 4) is 0 Å². The highest BCUT2D eigenvalue weighted by Gasteiger charge is 2.74. The Morgan fingerprint density at radius 2 is 2.06 bits per heavy atom. The third-order valence-electron chi connectivity index (χ3n) is 7.85. The van der Waals surface area contributed by atoms with E-state index in [0.717, 1.165) is 13.1 Å². The smallest absolute Gasteiger partial charge is 0.312 e. The average molecular weight is 494 g/mol. The minimum atomic E-state index is -1.02. The average Bonchev–Trinajstić information content (AvgIpc) is 3.50. The topological polar surface area (TPSA) is 109 Å². The largest absolute Gasteiger partial charge is 0.466 e. The highest BCUT2D eigenvalue weighted by atomic mass is 16.6. The predicted octanol–water partition coefficient (Wildman–Crippen LogP) is 0.0434. The zero-order valence-corrected chi connectivity index (χ0v) is 20.7. The lowest BCUT2D eigenvalue weighted by Gasteiger charge is -2.37. The van der Waals surface area contributed by atoms with Crippen LogP contribution in [0.4, 0.5) is 0 Å². The van der Waals surface area contributed by atoms with Crippen molar-refractivity contribution in [2.24, 2.45) is 11.8 Å². The first-order valence-electron chi connectivity index (χ1n) is 12.9. The molecule has 5 atom stereocenters. The number of aliphatic hydroxyl groups excluding tert-OH is 1. The number of fused-ring (bicyclic) bond motifs is 1. The molecule has 1 N–H and O–H groups in total. The van der Waals surface area contributed by atoms with Gasteiger partial charge >= 0.3 is 5.97 Å². The van der Waals surface area contributed by atoms with Crippen LogP contribution in [0.5, 0.6) is 0 Å². The molecule has 4 heterocycles. The van der Waals surface area contributed by atoms with Gasteiger partial charge in [0.1, 0.15) is 11.6 Å². The number of morpholine rings is 1. The summed E-state index contributed by atoms with van der Waals surface area (Å²) in [6, 6.07) is -0.798. The summed E-state index contributed by atoms with van der Waals surface area (Å²) >= 11 is 0. The van der Waals surface area contributed by atoms with Crippen LogP contribution < -0.4 is 0 Å². The number of unbranched alkanes of at least 4 members (excludes halogenated alkanes) is 1. The van der Waals surface area contributed by atoms with E-state index in [2.05, 4.69) is 11.5 Å². The van der Waals surface area contributed by atoms with Gasteiger partial charge in [-0.25, -0.2) is 0 Å². The first kappa shape index (κ1) is 26.1. The van der Waals surface area contributed by atoms with Crippen LogP contribution in [0, 0.1) is 11.8 Å². The molecule has 35 heavy (non-hydrogen) atoms. The predicted molar refractivity (Wildman–Crippen MR) is 126 cm³/mol. The molecule has 0 unspecified atom stereocenters. The Hall–Kier alpha value is -2.01. The third-order valence-corrected chi connectivity index (χ3v) is 7.85. The number of rotatable bonds is 12. The van der Waals surface area contributed by atoms with Crippen molar-refractivity contribution in [1.29, 1.82) is 0 Å². The summed E-state index contributed by atoms with van der Waals surface area (Å²) in [5, 5.41) is 9.28. The van der Waals surface area contributed by atoms with Crippen molar-refractivity contribution < 1.29 is 33.7 Å². The highest BCUT2D eigenvalue weighted by molar-refractivity contribution is 5.98. The fourth-order valence-electron chi connectivity index (χ4n) is 6.28. The number of esters is 1. The summed E-state index contributed by atoms with van der Waals surface area (Å²) in [7, 11) is 0. The Bertz CT molecular complexity index is 802. The molecule has 0 radical (unpaired) electrons. The maximum absolute atomic E-state index is 14.1. The zero-order chi connectivity index (χ0) is 25.0. The summed E-state index contributed by atoms with van der Waals surface area (Å²) in [5.74, 6) is -2.20. The lowest BCUT2D eigenvalue weighted by molar-refractivity contribution is -0.155. The third kappa shape index (κ3) is 4.85. The van der Waals surface area contributed by atoms with Gasteiger partial charge in [0.05, 0.1) is 37.8 Å². The normalized spacial score (nSPS) is 32.1. The Balaban J connectivity index is 1.60. The van der Waals surface area contributed by atoms with Gasteiger partial charge in [-0.05, 0) is 32.6 Å². The molecule has 196 valence electrons. The second kappa shape index (κ2) is 11.4. The number of hydrogen-bond donors (Lipinski definition) is 1. The van der Waals surface area contributed by atoms with E-state index < -0.39 is 35.6 Å². The number of carbonyl (C=O) groups excluding carboxylic acids is 3. The molecule has 10 nitrogen and oxygen atoms in total. The quantitative estimate of drug-likeness (QED) is 0.231. The first-order chi connectivity index (χ1) is 17.0. The molecule has 4 saturated heterocycles. The summed E-state index contributed by atoms with van der Waals surface area (Å²) in [4.78, 5) is 46.3. The second-order valence-electron chi connectivity index (χ2n) is 9.80. The van der Waals surface area contributed by atoms with Crippen LogP contribution in [0.25, 0.3) is 0 Å². The van der Waals surface area contributed by atoms with Crippen molar-refractivity contribution in [3.63, 3.8) is 0 Å². The number of carbonyl (C=O) groups is 3.